The number of hydrogen-bond donors (Lipinski definition) is 1. The molecule has 0 bridgehead atoms. The van der Waals surface area contributed by atoms with E-state index in [1.165, 1.54) is 18.5 Å². The molecule has 110 valence electrons. The van der Waals surface area contributed by atoms with Gasteiger partial charge >= 0.3 is 0 Å². The SMILES string of the molecule is O=Cc1cnc(NS(=O)(=O)c2cccc3ccccc23)nc1. The van der Waals surface area contributed by atoms with Crippen molar-refractivity contribution in [1.29, 1.82) is 0 Å². The molecule has 0 saturated heterocycles. The predicted octanol–water partition coefficient (Wildman–Crippen LogP) is 2.24. The first-order chi connectivity index (χ1) is 10.6. The van der Waals surface area contributed by atoms with Gasteiger partial charge < -0.3 is 0 Å². The summed E-state index contributed by atoms with van der Waals surface area (Å²) in [5, 5.41) is 1.43. The molecule has 1 N–H and O–H groups in total. The molecule has 22 heavy (non-hydrogen) atoms. The first-order valence-corrected chi connectivity index (χ1v) is 7.86. The Morgan fingerprint density at radius 2 is 1.64 bits per heavy atom. The second-order valence-electron chi connectivity index (χ2n) is 4.54. The lowest BCUT2D eigenvalue weighted by Crippen LogP contribution is -2.15. The number of nitrogens with zero attached hydrogens (tertiary/aromatic N) is 2. The van der Waals surface area contributed by atoms with E-state index in [1.807, 2.05) is 18.2 Å². The van der Waals surface area contributed by atoms with Crippen LogP contribution in [0.4, 0.5) is 5.95 Å². The molecule has 0 fully saturated rings. The van der Waals surface area contributed by atoms with Gasteiger partial charge in [0, 0.05) is 17.8 Å². The van der Waals surface area contributed by atoms with Crippen LogP contribution in [0.2, 0.25) is 0 Å². The highest BCUT2D eigenvalue weighted by molar-refractivity contribution is 7.93. The van der Waals surface area contributed by atoms with E-state index in [2.05, 4.69) is 14.7 Å². The molecule has 1 heterocycles. The zero-order valence-corrected chi connectivity index (χ0v) is 12.1. The monoisotopic (exact) mass is 313 g/mol. The Bertz CT molecular complexity index is 932. The summed E-state index contributed by atoms with van der Waals surface area (Å²) in [6.07, 6.45) is 3.09. The number of carbonyl (C=O) groups excluding carboxylic acids is 1. The Balaban J connectivity index is 2.02. The van der Waals surface area contributed by atoms with Crippen LogP contribution >= 0.6 is 0 Å². The van der Waals surface area contributed by atoms with Crippen molar-refractivity contribution in [3.05, 3.63) is 60.4 Å². The van der Waals surface area contributed by atoms with Crippen LogP contribution in [0, 0.1) is 0 Å². The minimum absolute atomic E-state index is 0.0847. The number of carbonyl (C=O) groups is 1. The average molecular weight is 313 g/mol. The Morgan fingerprint density at radius 1 is 0.955 bits per heavy atom. The van der Waals surface area contributed by atoms with Gasteiger partial charge in [0.1, 0.15) is 0 Å². The molecule has 0 radical (unpaired) electrons. The van der Waals surface area contributed by atoms with Gasteiger partial charge in [0.15, 0.2) is 6.29 Å². The highest BCUT2D eigenvalue weighted by Gasteiger charge is 2.18. The van der Waals surface area contributed by atoms with Crippen LogP contribution < -0.4 is 4.72 Å². The number of rotatable bonds is 4. The van der Waals surface area contributed by atoms with Crippen molar-refractivity contribution in [2.75, 3.05) is 4.72 Å². The van der Waals surface area contributed by atoms with E-state index >= 15 is 0 Å². The number of aldehydes is 1. The van der Waals surface area contributed by atoms with Gasteiger partial charge in [-0.1, -0.05) is 36.4 Å². The molecule has 7 heteroatoms. The van der Waals surface area contributed by atoms with Gasteiger partial charge in [0.2, 0.25) is 5.95 Å². The first-order valence-electron chi connectivity index (χ1n) is 6.38. The van der Waals surface area contributed by atoms with E-state index in [0.717, 1.165) is 5.39 Å². The third kappa shape index (κ3) is 2.66. The number of hydrogen-bond acceptors (Lipinski definition) is 5. The summed E-state index contributed by atoms with van der Waals surface area (Å²) in [5.41, 5.74) is 0.271. The lowest BCUT2D eigenvalue weighted by Gasteiger charge is -2.09. The van der Waals surface area contributed by atoms with Gasteiger partial charge in [-0.25, -0.2) is 23.1 Å². The minimum atomic E-state index is -3.82. The largest absolute Gasteiger partial charge is 0.298 e. The fourth-order valence-electron chi connectivity index (χ4n) is 2.06. The van der Waals surface area contributed by atoms with E-state index in [9.17, 15) is 13.2 Å². The molecule has 2 aromatic carbocycles. The van der Waals surface area contributed by atoms with Crippen molar-refractivity contribution in [2.45, 2.75) is 4.90 Å². The summed E-state index contributed by atoms with van der Waals surface area (Å²) in [7, 11) is -3.82. The summed E-state index contributed by atoms with van der Waals surface area (Å²) in [6, 6.07) is 12.2. The average Bonchev–Trinajstić information content (AvgIpc) is 2.54. The van der Waals surface area contributed by atoms with Crippen molar-refractivity contribution < 1.29 is 13.2 Å². The summed E-state index contributed by atoms with van der Waals surface area (Å²) in [6.45, 7) is 0. The molecule has 6 nitrogen and oxygen atoms in total. The van der Waals surface area contributed by atoms with E-state index in [-0.39, 0.29) is 16.4 Å². The molecule has 0 aliphatic rings. The highest BCUT2D eigenvalue weighted by atomic mass is 32.2. The van der Waals surface area contributed by atoms with Crippen molar-refractivity contribution in [3.8, 4) is 0 Å². The topological polar surface area (TPSA) is 89.0 Å². The fraction of sp³-hybridized carbons (Fsp3) is 0. The van der Waals surface area contributed by atoms with Crippen LogP contribution in [0.3, 0.4) is 0 Å². The van der Waals surface area contributed by atoms with Gasteiger partial charge in [0.25, 0.3) is 10.0 Å². The smallest absolute Gasteiger partial charge is 0.264 e. The summed E-state index contributed by atoms with van der Waals surface area (Å²) < 4.78 is 27.3. The quantitative estimate of drug-likeness (QED) is 0.746. The maximum Gasteiger partial charge on any atom is 0.264 e. The van der Waals surface area contributed by atoms with Crippen molar-refractivity contribution in [1.82, 2.24) is 9.97 Å². The summed E-state index contributed by atoms with van der Waals surface area (Å²) >= 11 is 0. The van der Waals surface area contributed by atoms with Gasteiger partial charge in [-0.3, -0.25) is 4.79 Å². The molecule has 0 amide bonds. The zero-order chi connectivity index (χ0) is 15.6. The molecular formula is C15H11N3O3S. The van der Waals surface area contributed by atoms with Crippen LogP contribution in [0.25, 0.3) is 10.8 Å². The second-order valence-corrected chi connectivity index (χ2v) is 6.19. The number of aromatic nitrogens is 2. The van der Waals surface area contributed by atoms with Gasteiger partial charge in [-0.15, -0.1) is 0 Å². The summed E-state index contributed by atoms with van der Waals surface area (Å²) in [4.78, 5) is 18.3. The van der Waals surface area contributed by atoms with Crippen molar-refractivity contribution in [2.24, 2.45) is 0 Å². The molecule has 0 atom stereocenters. The van der Waals surface area contributed by atoms with Crippen LogP contribution in [0.1, 0.15) is 10.4 Å². The number of sulfonamides is 1. The number of benzene rings is 2. The zero-order valence-electron chi connectivity index (χ0n) is 11.3. The maximum absolute atomic E-state index is 12.5. The standard InChI is InChI=1S/C15H11N3O3S/c19-10-11-8-16-15(17-9-11)18-22(20,21)14-7-3-5-12-4-1-2-6-13(12)14/h1-10H,(H,16,17,18). The molecule has 3 rings (SSSR count). The molecule has 0 aliphatic carbocycles. The van der Waals surface area contributed by atoms with Crippen LogP contribution in [0.15, 0.2) is 59.8 Å². The molecule has 3 aromatic rings. The summed E-state index contributed by atoms with van der Waals surface area (Å²) in [5.74, 6) is -0.0847. The second kappa shape index (κ2) is 5.53. The lowest BCUT2D eigenvalue weighted by molar-refractivity contribution is 0.112. The van der Waals surface area contributed by atoms with Crippen molar-refractivity contribution in [3.63, 3.8) is 0 Å². The Hall–Kier alpha value is -2.80. The van der Waals surface area contributed by atoms with Gasteiger partial charge in [-0.05, 0) is 11.5 Å². The van der Waals surface area contributed by atoms with E-state index in [1.54, 1.807) is 18.2 Å². The van der Waals surface area contributed by atoms with Gasteiger partial charge in [0.05, 0.1) is 10.5 Å². The predicted molar refractivity (Wildman–Crippen MR) is 82.2 cm³/mol. The third-order valence-corrected chi connectivity index (χ3v) is 4.46. The molecule has 0 spiro atoms. The first kappa shape index (κ1) is 14.2. The minimum Gasteiger partial charge on any atom is -0.298 e. The van der Waals surface area contributed by atoms with Crippen LogP contribution in [0.5, 0.6) is 0 Å². The number of anilines is 1. The maximum atomic E-state index is 12.5. The van der Waals surface area contributed by atoms with E-state index < -0.39 is 10.0 Å². The lowest BCUT2D eigenvalue weighted by atomic mass is 10.1. The van der Waals surface area contributed by atoms with Crippen LogP contribution in [-0.4, -0.2) is 24.7 Å². The third-order valence-electron chi connectivity index (χ3n) is 3.07. The normalized spacial score (nSPS) is 11.3. The molecule has 0 saturated carbocycles. The molecular weight excluding hydrogens is 302 g/mol. The van der Waals surface area contributed by atoms with Crippen molar-refractivity contribution >= 4 is 33.0 Å². The Kier molecular flexibility index (Phi) is 3.56. The van der Waals surface area contributed by atoms with Gasteiger partial charge in [-0.2, -0.15) is 0 Å². The fourth-order valence-corrected chi connectivity index (χ4v) is 3.25. The Morgan fingerprint density at radius 3 is 2.36 bits per heavy atom. The number of nitrogens with one attached hydrogen (secondary N) is 1. The molecule has 1 aromatic heterocycles. The Labute approximate surface area is 126 Å². The number of fused-ring (bicyclic) bond motifs is 1. The van der Waals surface area contributed by atoms with Crippen LogP contribution in [-0.2, 0) is 10.0 Å². The molecule has 0 aliphatic heterocycles. The van der Waals surface area contributed by atoms with E-state index in [0.29, 0.717) is 11.7 Å². The highest BCUT2D eigenvalue weighted by Crippen LogP contribution is 2.23. The molecule has 0 unspecified atom stereocenters. The van der Waals surface area contributed by atoms with E-state index in [4.69, 9.17) is 0 Å².